The topological polar surface area (TPSA) is 84.7 Å². The second-order valence-corrected chi connectivity index (χ2v) is 8.83. The van der Waals surface area contributed by atoms with Crippen LogP contribution in [0, 0.1) is 0 Å². The Bertz CT molecular complexity index is 1340. The van der Waals surface area contributed by atoms with Crippen molar-refractivity contribution in [2.45, 2.75) is 11.8 Å². The smallest absolute Gasteiger partial charge is 0.231 e. The first-order valence-electron chi connectivity index (χ1n) is 10.6. The maximum atomic E-state index is 12.7. The Balaban J connectivity index is 1.37. The van der Waals surface area contributed by atoms with Crippen molar-refractivity contribution in [1.82, 2.24) is 14.8 Å². The lowest BCUT2D eigenvalue weighted by molar-refractivity contribution is 0.102. The van der Waals surface area contributed by atoms with Crippen LogP contribution >= 0.6 is 23.4 Å². The highest BCUT2D eigenvalue weighted by Gasteiger charge is 2.19. The van der Waals surface area contributed by atoms with Crippen molar-refractivity contribution in [2.75, 3.05) is 19.7 Å². The van der Waals surface area contributed by atoms with Crippen molar-refractivity contribution >= 4 is 29.1 Å². The maximum absolute atomic E-state index is 12.7. The van der Waals surface area contributed by atoms with Gasteiger partial charge in [-0.1, -0.05) is 23.4 Å². The van der Waals surface area contributed by atoms with Gasteiger partial charge in [0.15, 0.2) is 28.3 Å². The summed E-state index contributed by atoms with van der Waals surface area (Å²) in [5.41, 5.74) is 1.41. The van der Waals surface area contributed by atoms with Gasteiger partial charge in [-0.2, -0.15) is 0 Å². The Kier molecular flexibility index (Phi) is 6.78. The molecule has 0 aliphatic carbocycles. The molecule has 10 heteroatoms. The first-order chi connectivity index (χ1) is 17.1. The van der Waals surface area contributed by atoms with E-state index in [0.29, 0.717) is 38.8 Å². The highest BCUT2D eigenvalue weighted by Crippen LogP contribution is 2.35. The zero-order valence-electron chi connectivity index (χ0n) is 18.6. The van der Waals surface area contributed by atoms with Crippen molar-refractivity contribution in [3.63, 3.8) is 0 Å². The summed E-state index contributed by atoms with van der Waals surface area (Å²) in [6.45, 7) is 0.351. The van der Waals surface area contributed by atoms with Gasteiger partial charge < -0.3 is 18.9 Å². The number of carbonyl (C=O) groups excluding carboxylic acids is 1. The van der Waals surface area contributed by atoms with E-state index in [1.165, 1.54) is 11.8 Å². The van der Waals surface area contributed by atoms with E-state index >= 15 is 0 Å². The van der Waals surface area contributed by atoms with Crippen LogP contribution in [0.15, 0.2) is 71.9 Å². The van der Waals surface area contributed by atoms with Crippen LogP contribution in [0.5, 0.6) is 23.0 Å². The molecule has 8 nitrogen and oxygen atoms in total. The Morgan fingerprint density at radius 3 is 2.51 bits per heavy atom. The average Bonchev–Trinajstić information content (AvgIpc) is 3.53. The van der Waals surface area contributed by atoms with Gasteiger partial charge in [-0.25, -0.2) is 0 Å². The molecular weight excluding hydrogens is 490 g/mol. The van der Waals surface area contributed by atoms with Gasteiger partial charge in [-0.15, -0.1) is 10.2 Å². The molecule has 1 aliphatic heterocycles. The van der Waals surface area contributed by atoms with Crippen LogP contribution in [0.1, 0.15) is 16.2 Å². The van der Waals surface area contributed by atoms with Gasteiger partial charge in [0.05, 0.1) is 12.9 Å². The fourth-order valence-electron chi connectivity index (χ4n) is 3.44. The predicted molar refractivity (Wildman–Crippen MR) is 131 cm³/mol. The van der Waals surface area contributed by atoms with Gasteiger partial charge >= 0.3 is 0 Å². The number of hydrogen-bond acceptors (Lipinski definition) is 8. The van der Waals surface area contributed by atoms with E-state index in [2.05, 4.69) is 10.2 Å². The van der Waals surface area contributed by atoms with E-state index < -0.39 is 0 Å². The SMILES string of the molecule is COc1ccc(-n2c(COc3ccc4c(c3)OCO4)nnc2SCC(=O)c2ccc(Cl)cc2)cc1. The number of hydrogen-bond donors (Lipinski definition) is 0. The number of carbonyl (C=O) groups is 1. The van der Waals surface area contributed by atoms with Crippen molar-refractivity contribution in [3.05, 3.63) is 83.1 Å². The lowest BCUT2D eigenvalue weighted by Gasteiger charge is -2.12. The van der Waals surface area contributed by atoms with Crippen LogP contribution in [0.2, 0.25) is 5.02 Å². The second kappa shape index (κ2) is 10.3. The predicted octanol–water partition coefficient (Wildman–Crippen LogP) is 5.21. The fourth-order valence-corrected chi connectivity index (χ4v) is 4.43. The number of thioether (sulfide) groups is 1. The highest BCUT2D eigenvalue weighted by atomic mass is 35.5. The summed E-state index contributed by atoms with van der Waals surface area (Å²) in [4.78, 5) is 12.7. The summed E-state index contributed by atoms with van der Waals surface area (Å²) in [6.07, 6.45) is 0. The molecule has 0 saturated heterocycles. The molecule has 0 unspecified atom stereocenters. The van der Waals surface area contributed by atoms with E-state index in [4.69, 9.17) is 30.5 Å². The summed E-state index contributed by atoms with van der Waals surface area (Å²) in [6, 6.07) is 19.7. The van der Waals surface area contributed by atoms with E-state index in [1.807, 2.05) is 34.9 Å². The molecule has 3 aromatic carbocycles. The summed E-state index contributed by atoms with van der Waals surface area (Å²) in [5.74, 6) is 3.40. The minimum absolute atomic E-state index is 0.0332. The number of methoxy groups -OCH3 is 1. The third-order valence-electron chi connectivity index (χ3n) is 5.24. The molecule has 0 atom stereocenters. The van der Waals surface area contributed by atoms with Gasteiger partial charge in [0.1, 0.15) is 18.1 Å². The number of rotatable bonds is 9. The van der Waals surface area contributed by atoms with E-state index in [1.54, 1.807) is 43.5 Å². The third-order valence-corrected chi connectivity index (χ3v) is 6.42. The number of aromatic nitrogens is 3. The molecule has 2 heterocycles. The summed E-state index contributed by atoms with van der Waals surface area (Å²) in [5, 5.41) is 9.82. The molecule has 1 aliphatic rings. The van der Waals surface area contributed by atoms with Crippen LogP contribution in [-0.2, 0) is 6.61 Å². The largest absolute Gasteiger partial charge is 0.497 e. The van der Waals surface area contributed by atoms with E-state index in [-0.39, 0.29) is 24.9 Å². The summed E-state index contributed by atoms with van der Waals surface area (Å²) in [7, 11) is 1.61. The van der Waals surface area contributed by atoms with Crippen molar-refractivity contribution in [1.29, 1.82) is 0 Å². The van der Waals surface area contributed by atoms with Crippen LogP contribution in [0.3, 0.4) is 0 Å². The van der Waals surface area contributed by atoms with Gasteiger partial charge in [0, 0.05) is 22.3 Å². The average molecular weight is 510 g/mol. The molecule has 0 saturated carbocycles. The Hall–Kier alpha value is -3.69. The number of Topliss-reactive ketones (excluding diaryl/α,β-unsaturated/α-hetero) is 1. The van der Waals surface area contributed by atoms with Crippen LogP contribution in [-0.4, -0.2) is 40.2 Å². The molecule has 0 radical (unpaired) electrons. The minimum Gasteiger partial charge on any atom is -0.497 e. The molecule has 178 valence electrons. The molecule has 35 heavy (non-hydrogen) atoms. The van der Waals surface area contributed by atoms with Crippen molar-refractivity contribution in [3.8, 4) is 28.7 Å². The monoisotopic (exact) mass is 509 g/mol. The zero-order chi connectivity index (χ0) is 24.2. The summed E-state index contributed by atoms with van der Waals surface area (Å²) < 4.78 is 23.9. The van der Waals surface area contributed by atoms with Gasteiger partial charge in [0.25, 0.3) is 0 Å². The Labute approximate surface area is 210 Å². The molecule has 0 amide bonds. The van der Waals surface area contributed by atoms with Crippen molar-refractivity contribution < 1.29 is 23.7 Å². The van der Waals surface area contributed by atoms with Gasteiger partial charge in [-0.3, -0.25) is 9.36 Å². The first kappa shape index (κ1) is 23.1. The van der Waals surface area contributed by atoms with E-state index in [9.17, 15) is 4.79 Å². The number of halogens is 1. The molecule has 0 N–H and O–H groups in total. The normalized spacial score (nSPS) is 11.9. The second-order valence-electron chi connectivity index (χ2n) is 7.45. The summed E-state index contributed by atoms with van der Waals surface area (Å²) >= 11 is 7.23. The third kappa shape index (κ3) is 5.21. The number of nitrogens with zero attached hydrogens (tertiary/aromatic N) is 3. The number of fused-ring (bicyclic) bond motifs is 1. The van der Waals surface area contributed by atoms with Gasteiger partial charge in [0.2, 0.25) is 6.79 Å². The zero-order valence-corrected chi connectivity index (χ0v) is 20.2. The first-order valence-corrected chi connectivity index (χ1v) is 12.0. The molecule has 4 aromatic rings. The molecule has 5 rings (SSSR count). The van der Waals surface area contributed by atoms with E-state index in [0.717, 1.165) is 11.4 Å². The molecule has 1 aromatic heterocycles. The maximum Gasteiger partial charge on any atom is 0.231 e. The fraction of sp³-hybridized carbons (Fsp3) is 0.160. The molecule has 0 spiro atoms. The lowest BCUT2D eigenvalue weighted by Crippen LogP contribution is -2.08. The lowest BCUT2D eigenvalue weighted by atomic mass is 10.1. The highest BCUT2D eigenvalue weighted by molar-refractivity contribution is 7.99. The van der Waals surface area contributed by atoms with Crippen LogP contribution in [0.25, 0.3) is 5.69 Å². The van der Waals surface area contributed by atoms with Crippen molar-refractivity contribution in [2.24, 2.45) is 0 Å². The molecule has 0 bridgehead atoms. The van der Waals surface area contributed by atoms with Gasteiger partial charge in [-0.05, 0) is 60.7 Å². The molecule has 0 fully saturated rings. The Morgan fingerprint density at radius 2 is 1.74 bits per heavy atom. The molecular formula is C25H20ClN3O5S. The number of ketones is 1. The van der Waals surface area contributed by atoms with Crippen LogP contribution < -0.4 is 18.9 Å². The minimum atomic E-state index is -0.0332. The number of benzene rings is 3. The quantitative estimate of drug-likeness (QED) is 0.224. The standard InChI is InChI=1S/C25H20ClN3O5S/c1-31-19-8-6-18(7-9-19)29-24(13-32-20-10-11-22-23(12-20)34-15-33-22)27-28-25(29)35-14-21(30)16-2-4-17(26)5-3-16/h2-12H,13-15H2,1H3. The Morgan fingerprint density at radius 1 is 1.00 bits per heavy atom. The number of ether oxygens (including phenoxy) is 4. The van der Waals surface area contributed by atoms with Crippen LogP contribution in [0.4, 0.5) is 0 Å².